The standard InChI is InChI=1S/C19H18F2N4O3S/c1-29(26,27)11-13-3-2-4-15(9-13)24-19-23-12-22-18(25-19)16-6-5-14(21)10-17(16)28-8-7-20/h2-6,9-10,12H,7-8,11H2,1H3,(H,22,23,24,25). The summed E-state index contributed by atoms with van der Waals surface area (Å²) in [6, 6.07) is 10.6. The second-order valence-corrected chi connectivity index (χ2v) is 8.35. The molecule has 0 aliphatic carbocycles. The maximum absolute atomic E-state index is 13.5. The average molecular weight is 420 g/mol. The molecule has 0 saturated heterocycles. The van der Waals surface area contributed by atoms with Crippen molar-refractivity contribution in [3.8, 4) is 17.1 Å². The van der Waals surface area contributed by atoms with E-state index in [9.17, 15) is 17.2 Å². The molecule has 29 heavy (non-hydrogen) atoms. The number of ether oxygens (including phenoxy) is 1. The molecule has 0 amide bonds. The number of nitrogens with one attached hydrogen (secondary N) is 1. The van der Waals surface area contributed by atoms with Crippen LogP contribution in [0.3, 0.4) is 0 Å². The van der Waals surface area contributed by atoms with E-state index < -0.39 is 22.3 Å². The van der Waals surface area contributed by atoms with Gasteiger partial charge in [0, 0.05) is 18.0 Å². The molecule has 2 aromatic carbocycles. The van der Waals surface area contributed by atoms with Crippen LogP contribution in [0, 0.1) is 5.82 Å². The lowest BCUT2D eigenvalue weighted by Gasteiger charge is -2.11. The molecule has 1 heterocycles. The maximum Gasteiger partial charge on any atom is 0.230 e. The Balaban J connectivity index is 1.87. The minimum absolute atomic E-state index is 0.0875. The smallest absolute Gasteiger partial charge is 0.230 e. The Labute approximate surface area is 166 Å². The molecule has 3 aromatic rings. The summed E-state index contributed by atoms with van der Waals surface area (Å²) in [5.41, 5.74) is 1.60. The summed E-state index contributed by atoms with van der Waals surface area (Å²) in [5, 5.41) is 2.98. The van der Waals surface area contributed by atoms with Crippen LogP contribution in [-0.4, -0.2) is 42.9 Å². The Morgan fingerprint density at radius 1 is 1.14 bits per heavy atom. The molecule has 7 nitrogen and oxygen atoms in total. The molecule has 152 valence electrons. The molecule has 0 bridgehead atoms. The molecule has 0 fully saturated rings. The Morgan fingerprint density at radius 2 is 1.97 bits per heavy atom. The minimum atomic E-state index is -3.17. The predicted octanol–water partition coefficient (Wildman–Crippen LogP) is 3.31. The molecule has 1 aromatic heterocycles. The number of sulfone groups is 1. The summed E-state index contributed by atoms with van der Waals surface area (Å²) in [4.78, 5) is 12.4. The van der Waals surface area contributed by atoms with Gasteiger partial charge in [-0.25, -0.2) is 27.2 Å². The van der Waals surface area contributed by atoms with E-state index in [1.165, 1.54) is 18.5 Å². The SMILES string of the molecule is CS(=O)(=O)Cc1cccc(Nc2ncnc(-c3ccc(F)cc3OCCF)n2)c1. The van der Waals surface area contributed by atoms with E-state index in [2.05, 4.69) is 20.3 Å². The first-order valence-corrected chi connectivity index (χ1v) is 10.6. The topological polar surface area (TPSA) is 94.1 Å². The fourth-order valence-electron chi connectivity index (χ4n) is 2.61. The van der Waals surface area contributed by atoms with Gasteiger partial charge in [-0.15, -0.1) is 0 Å². The number of rotatable bonds is 8. The van der Waals surface area contributed by atoms with Crippen molar-refractivity contribution in [1.29, 1.82) is 0 Å². The highest BCUT2D eigenvalue weighted by Crippen LogP contribution is 2.29. The molecule has 1 N–H and O–H groups in total. The Bertz CT molecular complexity index is 1110. The van der Waals surface area contributed by atoms with Crippen LogP contribution in [0.1, 0.15) is 5.56 Å². The largest absolute Gasteiger partial charge is 0.490 e. The summed E-state index contributed by atoms with van der Waals surface area (Å²) in [5.74, 6) is -0.0842. The van der Waals surface area contributed by atoms with Crippen LogP contribution >= 0.6 is 0 Å². The van der Waals surface area contributed by atoms with E-state index in [-0.39, 0.29) is 29.9 Å². The number of hydrogen-bond acceptors (Lipinski definition) is 7. The van der Waals surface area contributed by atoms with Gasteiger partial charge >= 0.3 is 0 Å². The summed E-state index contributed by atoms with van der Waals surface area (Å²) >= 11 is 0. The van der Waals surface area contributed by atoms with Gasteiger partial charge in [-0.3, -0.25) is 0 Å². The van der Waals surface area contributed by atoms with Crippen LogP contribution in [0.15, 0.2) is 48.8 Å². The molecule has 0 atom stereocenters. The molecule has 0 aliphatic rings. The van der Waals surface area contributed by atoms with Crippen LogP contribution in [0.4, 0.5) is 20.4 Å². The summed E-state index contributed by atoms with van der Waals surface area (Å²) < 4.78 is 54.2. The minimum Gasteiger partial charge on any atom is -0.490 e. The van der Waals surface area contributed by atoms with E-state index in [1.54, 1.807) is 24.3 Å². The Hall–Kier alpha value is -3.14. The molecule has 10 heteroatoms. The molecular weight excluding hydrogens is 402 g/mol. The lowest BCUT2D eigenvalue weighted by atomic mass is 10.2. The second kappa shape index (κ2) is 8.91. The van der Waals surface area contributed by atoms with E-state index in [4.69, 9.17) is 4.74 Å². The van der Waals surface area contributed by atoms with E-state index in [0.29, 0.717) is 16.8 Å². The number of halogens is 2. The highest BCUT2D eigenvalue weighted by atomic mass is 32.2. The third kappa shape index (κ3) is 5.92. The monoisotopic (exact) mass is 420 g/mol. The molecule has 0 unspecified atom stereocenters. The van der Waals surface area contributed by atoms with Gasteiger partial charge in [0.05, 0.1) is 11.3 Å². The number of aromatic nitrogens is 3. The Morgan fingerprint density at radius 3 is 2.72 bits per heavy atom. The van der Waals surface area contributed by atoms with E-state index in [1.807, 2.05) is 0 Å². The lowest BCUT2D eigenvalue weighted by molar-refractivity contribution is 0.273. The number of alkyl halides is 1. The van der Waals surface area contributed by atoms with Crippen LogP contribution in [0.5, 0.6) is 5.75 Å². The number of nitrogens with zero attached hydrogens (tertiary/aromatic N) is 3. The maximum atomic E-state index is 13.5. The van der Waals surface area contributed by atoms with Crippen molar-refractivity contribution in [3.05, 3.63) is 60.2 Å². The van der Waals surface area contributed by atoms with Crippen LogP contribution in [0.25, 0.3) is 11.4 Å². The Kier molecular flexibility index (Phi) is 6.32. The van der Waals surface area contributed by atoms with Gasteiger partial charge in [0.1, 0.15) is 31.2 Å². The number of benzene rings is 2. The zero-order valence-electron chi connectivity index (χ0n) is 15.5. The highest BCUT2D eigenvalue weighted by molar-refractivity contribution is 7.89. The quantitative estimate of drug-likeness (QED) is 0.597. The fraction of sp³-hybridized carbons (Fsp3) is 0.211. The van der Waals surface area contributed by atoms with Crippen LogP contribution in [0.2, 0.25) is 0 Å². The molecule has 3 rings (SSSR count). The predicted molar refractivity (Wildman–Crippen MR) is 105 cm³/mol. The lowest BCUT2D eigenvalue weighted by Crippen LogP contribution is -2.04. The van der Waals surface area contributed by atoms with Gasteiger partial charge in [-0.1, -0.05) is 12.1 Å². The van der Waals surface area contributed by atoms with Gasteiger partial charge in [0.15, 0.2) is 15.7 Å². The van der Waals surface area contributed by atoms with Crippen LogP contribution < -0.4 is 10.1 Å². The van der Waals surface area contributed by atoms with Gasteiger partial charge in [0.25, 0.3) is 0 Å². The number of anilines is 2. The first-order valence-electron chi connectivity index (χ1n) is 8.55. The average Bonchev–Trinajstić information content (AvgIpc) is 2.65. The first kappa shape index (κ1) is 20.6. The number of hydrogen-bond donors (Lipinski definition) is 1. The van der Waals surface area contributed by atoms with Gasteiger partial charge in [0.2, 0.25) is 5.95 Å². The molecule has 0 spiro atoms. The van der Waals surface area contributed by atoms with Crippen molar-refractivity contribution < 1.29 is 21.9 Å². The van der Waals surface area contributed by atoms with Crippen molar-refractivity contribution in [2.45, 2.75) is 5.75 Å². The fourth-order valence-corrected chi connectivity index (χ4v) is 3.39. The molecule has 0 radical (unpaired) electrons. The normalized spacial score (nSPS) is 11.3. The van der Waals surface area contributed by atoms with Crippen molar-refractivity contribution >= 4 is 21.5 Å². The third-order valence-corrected chi connectivity index (χ3v) is 4.56. The third-order valence-electron chi connectivity index (χ3n) is 3.70. The summed E-state index contributed by atoms with van der Waals surface area (Å²) in [6.45, 7) is -0.941. The van der Waals surface area contributed by atoms with E-state index >= 15 is 0 Å². The molecular formula is C19H18F2N4O3S. The molecule has 0 aliphatic heterocycles. The van der Waals surface area contributed by atoms with Gasteiger partial charge in [-0.05, 0) is 29.8 Å². The zero-order valence-corrected chi connectivity index (χ0v) is 16.3. The highest BCUT2D eigenvalue weighted by Gasteiger charge is 2.13. The van der Waals surface area contributed by atoms with Crippen molar-refractivity contribution in [2.24, 2.45) is 0 Å². The summed E-state index contributed by atoms with van der Waals surface area (Å²) in [6.07, 6.45) is 2.43. The van der Waals surface area contributed by atoms with Crippen molar-refractivity contribution in [2.75, 3.05) is 24.9 Å². The second-order valence-electron chi connectivity index (χ2n) is 6.21. The van der Waals surface area contributed by atoms with Crippen LogP contribution in [-0.2, 0) is 15.6 Å². The summed E-state index contributed by atoms with van der Waals surface area (Å²) in [7, 11) is -3.17. The molecule has 0 saturated carbocycles. The zero-order chi connectivity index (χ0) is 20.9. The van der Waals surface area contributed by atoms with Crippen molar-refractivity contribution in [3.63, 3.8) is 0 Å². The van der Waals surface area contributed by atoms with Crippen molar-refractivity contribution in [1.82, 2.24) is 15.0 Å². The van der Waals surface area contributed by atoms with Gasteiger partial charge < -0.3 is 10.1 Å². The van der Waals surface area contributed by atoms with E-state index in [0.717, 1.165) is 12.3 Å². The first-order chi connectivity index (χ1) is 13.8. The van der Waals surface area contributed by atoms with Gasteiger partial charge in [-0.2, -0.15) is 4.98 Å².